The van der Waals surface area contributed by atoms with Crippen molar-refractivity contribution < 1.29 is 0 Å². The molecule has 0 N–H and O–H groups in total. The summed E-state index contributed by atoms with van der Waals surface area (Å²) in [4.78, 5) is 5.28. The van der Waals surface area contributed by atoms with Crippen LogP contribution in [-0.2, 0) is 0 Å². The van der Waals surface area contributed by atoms with Gasteiger partial charge in [-0.3, -0.25) is 0 Å². The molecule has 0 aliphatic carbocycles. The summed E-state index contributed by atoms with van der Waals surface area (Å²) < 4.78 is 0. The molecule has 0 radical (unpaired) electrons. The molecule has 2 heterocycles. The highest BCUT2D eigenvalue weighted by Gasteiger charge is 2.46. The van der Waals surface area contributed by atoms with Crippen LogP contribution in [0, 0.1) is 0 Å². The smallest absolute Gasteiger partial charge is 0.252 e. The fraction of sp³-hybridized carbons (Fsp3) is 0. The summed E-state index contributed by atoms with van der Waals surface area (Å²) in [5, 5.41) is 0. The minimum Gasteiger partial charge on any atom is -0.311 e. The molecule has 16 rings (SSSR count). The van der Waals surface area contributed by atoms with Gasteiger partial charge in [0, 0.05) is 45.3 Å². The Bertz CT molecular complexity index is 4520. The first kappa shape index (κ1) is 51.4. The molecular weight excluding hydrogens is 1050 g/mol. The van der Waals surface area contributed by atoms with E-state index < -0.39 is 0 Å². The second-order valence-electron chi connectivity index (χ2n) is 22.6. The molecule has 0 saturated heterocycles. The van der Waals surface area contributed by atoms with E-state index in [2.05, 4.69) is 356 Å². The summed E-state index contributed by atoms with van der Waals surface area (Å²) in [5.41, 5.74) is 31.4. The van der Waals surface area contributed by atoms with Crippen molar-refractivity contribution >= 4 is 57.2 Å². The fourth-order valence-corrected chi connectivity index (χ4v) is 13.8. The van der Waals surface area contributed by atoms with E-state index in [0.717, 1.165) is 89.8 Å². The Kier molecular flexibility index (Phi) is 13.0. The van der Waals surface area contributed by atoms with Crippen LogP contribution in [0.15, 0.2) is 346 Å². The molecule has 0 fully saturated rings. The number of hydrogen-bond acceptors (Lipinski definition) is 2. The van der Waals surface area contributed by atoms with Gasteiger partial charge < -0.3 is 9.80 Å². The lowest BCUT2D eigenvalue weighted by molar-refractivity contribution is 1.25. The lowest BCUT2D eigenvalue weighted by Gasteiger charge is -2.46. The minimum atomic E-state index is -0.216. The van der Waals surface area contributed by atoms with Crippen LogP contribution in [0.1, 0.15) is 0 Å². The maximum atomic E-state index is 2.64. The maximum absolute atomic E-state index is 2.64. The summed E-state index contributed by atoms with van der Waals surface area (Å²) in [6, 6.07) is 128. The molecule has 3 heteroatoms. The zero-order valence-corrected chi connectivity index (χ0v) is 47.9. The maximum Gasteiger partial charge on any atom is 0.252 e. The minimum absolute atomic E-state index is 0.216. The topological polar surface area (TPSA) is 6.48 Å². The molecule has 0 atom stereocenters. The Morgan fingerprint density at radius 1 is 0.195 bits per heavy atom. The summed E-state index contributed by atoms with van der Waals surface area (Å²) >= 11 is 0. The number of fused-ring (bicyclic) bond motifs is 4. The highest BCUT2D eigenvalue weighted by Crippen LogP contribution is 2.54. The largest absolute Gasteiger partial charge is 0.311 e. The van der Waals surface area contributed by atoms with Crippen molar-refractivity contribution in [1.29, 1.82) is 0 Å². The lowest BCUT2D eigenvalue weighted by Crippen LogP contribution is -2.61. The normalized spacial score (nSPS) is 12.1. The molecular formula is C84H57BN2. The van der Waals surface area contributed by atoms with Crippen LogP contribution in [0.25, 0.3) is 100 Å². The van der Waals surface area contributed by atoms with Crippen molar-refractivity contribution in [2.75, 3.05) is 9.80 Å². The van der Waals surface area contributed by atoms with Crippen LogP contribution in [0.4, 0.5) is 34.1 Å². The molecule has 0 amide bonds. The predicted molar refractivity (Wildman–Crippen MR) is 369 cm³/mol. The average molecular weight is 1110 g/mol. The molecule has 14 aromatic rings. The Balaban J connectivity index is 1.09. The van der Waals surface area contributed by atoms with E-state index >= 15 is 0 Å². The number of rotatable bonds is 11. The van der Waals surface area contributed by atoms with Crippen molar-refractivity contribution in [2.24, 2.45) is 0 Å². The van der Waals surface area contributed by atoms with Crippen molar-refractivity contribution in [2.45, 2.75) is 0 Å². The predicted octanol–water partition coefficient (Wildman–Crippen LogP) is 20.8. The first-order chi connectivity index (χ1) is 43.2. The SMILES string of the molecule is c1ccc(-c2cc3c4c(c2)N(c2ccc(-c5ccccc5)c(-c5ccccc5)c2)c2c(ccc(-c5ccccc5)c2-c2ccccc2)B4c2ccc(-c4ccccc4)c(-c4ccccc4)c2N3c2ccc(-c3ccccc3)c(-c3ccccc3)c2)cc1. The van der Waals surface area contributed by atoms with E-state index in [4.69, 9.17) is 0 Å². The van der Waals surface area contributed by atoms with Crippen molar-refractivity contribution in [3.8, 4) is 100 Å². The number of anilines is 6. The van der Waals surface area contributed by atoms with E-state index in [1.54, 1.807) is 0 Å². The molecule has 0 aromatic heterocycles. The van der Waals surface area contributed by atoms with Crippen LogP contribution in [0.5, 0.6) is 0 Å². The Labute approximate surface area is 510 Å². The molecule has 14 aromatic carbocycles. The second kappa shape index (κ2) is 22.1. The highest BCUT2D eigenvalue weighted by molar-refractivity contribution is 7.00. The van der Waals surface area contributed by atoms with E-state index in [1.807, 2.05) is 0 Å². The third-order valence-corrected chi connectivity index (χ3v) is 17.7. The first-order valence-electron chi connectivity index (χ1n) is 30.1. The Morgan fingerprint density at radius 2 is 0.460 bits per heavy atom. The van der Waals surface area contributed by atoms with Gasteiger partial charge in [-0.2, -0.15) is 0 Å². The average Bonchev–Trinajstić information content (AvgIpc) is 0.743. The molecule has 0 unspecified atom stereocenters. The van der Waals surface area contributed by atoms with E-state index in [1.165, 1.54) is 60.9 Å². The third-order valence-electron chi connectivity index (χ3n) is 17.7. The number of benzene rings is 14. The van der Waals surface area contributed by atoms with Gasteiger partial charge in [0.2, 0.25) is 0 Å². The summed E-state index contributed by atoms with van der Waals surface area (Å²) in [6.45, 7) is -0.216. The van der Waals surface area contributed by atoms with Gasteiger partial charge in [0.25, 0.3) is 6.71 Å². The van der Waals surface area contributed by atoms with Crippen LogP contribution < -0.4 is 26.2 Å². The molecule has 2 nitrogen and oxygen atoms in total. The zero-order chi connectivity index (χ0) is 57.6. The lowest BCUT2D eigenvalue weighted by atomic mass is 9.33. The second-order valence-corrected chi connectivity index (χ2v) is 22.6. The zero-order valence-electron chi connectivity index (χ0n) is 47.9. The monoisotopic (exact) mass is 1100 g/mol. The van der Waals surface area contributed by atoms with Gasteiger partial charge in [0.15, 0.2) is 0 Å². The Hall–Kier alpha value is -11.3. The van der Waals surface area contributed by atoms with Crippen LogP contribution in [-0.4, -0.2) is 6.71 Å². The molecule has 0 saturated carbocycles. The van der Waals surface area contributed by atoms with E-state index in [0.29, 0.717) is 0 Å². The Morgan fingerprint density at radius 3 is 0.782 bits per heavy atom. The number of nitrogens with zero attached hydrogens (tertiary/aromatic N) is 2. The van der Waals surface area contributed by atoms with Crippen molar-refractivity contribution in [3.05, 3.63) is 346 Å². The third kappa shape index (κ3) is 9.08. The molecule has 0 spiro atoms. The van der Waals surface area contributed by atoms with E-state index in [9.17, 15) is 0 Å². The first-order valence-corrected chi connectivity index (χ1v) is 30.1. The summed E-state index contributed by atoms with van der Waals surface area (Å²) in [7, 11) is 0. The van der Waals surface area contributed by atoms with Gasteiger partial charge in [-0.15, -0.1) is 0 Å². The van der Waals surface area contributed by atoms with Gasteiger partial charge >= 0.3 is 0 Å². The van der Waals surface area contributed by atoms with Gasteiger partial charge in [-0.1, -0.05) is 309 Å². The van der Waals surface area contributed by atoms with Crippen molar-refractivity contribution in [3.63, 3.8) is 0 Å². The molecule has 87 heavy (non-hydrogen) atoms. The molecule has 2 aliphatic heterocycles. The van der Waals surface area contributed by atoms with E-state index in [-0.39, 0.29) is 6.71 Å². The summed E-state index contributed by atoms with van der Waals surface area (Å²) in [6.07, 6.45) is 0. The highest BCUT2D eigenvalue weighted by atomic mass is 15.2. The van der Waals surface area contributed by atoms with Gasteiger partial charge in [0.05, 0.1) is 0 Å². The fourth-order valence-electron chi connectivity index (χ4n) is 13.8. The van der Waals surface area contributed by atoms with Gasteiger partial charge in [-0.05, 0) is 142 Å². The van der Waals surface area contributed by atoms with Crippen molar-refractivity contribution in [1.82, 2.24) is 0 Å². The quantitative estimate of drug-likeness (QED) is 0.119. The van der Waals surface area contributed by atoms with Crippen LogP contribution in [0.3, 0.4) is 0 Å². The van der Waals surface area contributed by atoms with Gasteiger partial charge in [0.1, 0.15) is 0 Å². The molecule has 2 aliphatic rings. The summed E-state index contributed by atoms with van der Waals surface area (Å²) in [5.74, 6) is 0. The molecule has 406 valence electrons. The standard InChI is InChI=1S/C84H57BN2/c1-10-28-58(29-11-1)67-54-78-82-79(55-67)87(69-47-49-71(60-32-14-3-15-33-60)75(57-69)64-40-22-7-23-41-64)84-77(53-51-73(62-36-18-5-19-37-62)81(84)66-44-26-9-27-45-66)85(82)76-52-50-72(61-34-16-4-17-35-61)80(65-42-24-8-25-43-65)83(76)86(78)68-46-48-70(59-30-12-2-13-31-59)74(56-68)63-38-20-6-21-39-63/h1-57H. The molecule has 0 bridgehead atoms. The van der Waals surface area contributed by atoms with Crippen LogP contribution >= 0.6 is 0 Å². The van der Waals surface area contributed by atoms with Gasteiger partial charge in [-0.25, -0.2) is 0 Å². The number of hydrogen-bond donors (Lipinski definition) is 0. The van der Waals surface area contributed by atoms with Crippen LogP contribution in [0.2, 0.25) is 0 Å².